The molecule has 0 saturated carbocycles. The van der Waals surface area contributed by atoms with Crippen molar-refractivity contribution in [2.75, 3.05) is 0 Å². The van der Waals surface area contributed by atoms with Gasteiger partial charge in [0.15, 0.2) is 0 Å². The molecule has 0 aliphatic carbocycles. The first-order valence-corrected chi connectivity index (χ1v) is 12.1. The molecule has 1 nitrogen and oxygen atoms in total. The Labute approximate surface area is 196 Å². The van der Waals surface area contributed by atoms with Crippen molar-refractivity contribution in [1.29, 1.82) is 0 Å². The van der Waals surface area contributed by atoms with E-state index in [4.69, 9.17) is 0 Å². The first-order chi connectivity index (χ1) is 16.3. The van der Waals surface area contributed by atoms with Gasteiger partial charge in [-0.25, -0.2) is 0 Å². The van der Waals surface area contributed by atoms with Gasteiger partial charge in [0, 0.05) is 36.6 Å². The van der Waals surface area contributed by atoms with Crippen LogP contribution in [0.1, 0.15) is 5.56 Å². The molecule has 0 amide bonds. The summed E-state index contributed by atoms with van der Waals surface area (Å²) >= 11 is 1.87. The summed E-state index contributed by atoms with van der Waals surface area (Å²) in [6.07, 6.45) is 0. The van der Waals surface area contributed by atoms with Crippen molar-refractivity contribution < 1.29 is 0 Å². The highest BCUT2D eigenvalue weighted by molar-refractivity contribution is 7.25. The van der Waals surface area contributed by atoms with Gasteiger partial charge in [-0.05, 0) is 60.5 Å². The molecule has 2 heterocycles. The predicted molar refractivity (Wildman–Crippen MR) is 144 cm³/mol. The molecule has 7 aromatic rings. The molecule has 156 valence electrons. The summed E-state index contributed by atoms with van der Waals surface area (Å²) in [7, 11) is 0. The molecule has 2 aromatic heterocycles. The SMILES string of the molecule is Cc1ccc(-c2ccc3c(c2)c2ccccc2n3-c2ccc3sc4ccccc4c3c2)cc1. The van der Waals surface area contributed by atoms with Gasteiger partial charge in [-0.3, -0.25) is 0 Å². The van der Waals surface area contributed by atoms with Crippen LogP contribution in [0.5, 0.6) is 0 Å². The summed E-state index contributed by atoms with van der Waals surface area (Å²) in [4.78, 5) is 0. The van der Waals surface area contributed by atoms with E-state index in [-0.39, 0.29) is 0 Å². The van der Waals surface area contributed by atoms with Crippen LogP contribution in [0.3, 0.4) is 0 Å². The highest BCUT2D eigenvalue weighted by atomic mass is 32.1. The van der Waals surface area contributed by atoms with Crippen LogP contribution in [0.25, 0.3) is 58.8 Å². The number of aryl methyl sites for hydroxylation is 1. The van der Waals surface area contributed by atoms with Gasteiger partial charge < -0.3 is 4.57 Å². The van der Waals surface area contributed by atoms with Crippen LogP contribution in [0.15, 0.2) is 109 Å². The minimum absolute atomic E-state index is 1.21. The maximum Gasteiger partial charge on any atom is 0.0541 e. The Morgan fingerprint density at radius 3 is 2.09 bits per heavy atom. The van der Waals surface area contributed by atoms with Gasteiger partial charge in [-0.1, -0.05) is 72.3 Å². The Hall–Kier alpha value is -3.88. The van der Waals surface area contributed by atoms with Crippen molar-refractivity contribution in [3.8, 4) is 16.8 Å². The van der Waals surface area contributed by atoms with Crippen LogP contribution in [0.4, 0.5) is 0 Å². The maximum absolute atomic E-state index is 2.41. The molecule has 7 rings (SSSR count). The smallest absolute Gasteiger partial charge is 0.0541 e. The molecule has 0 radical (unpaired) electrons. The number of hydrogen-bond donors (Lipinski definition) is 0. The quantitative estimate of drug-likeness (QED) is 0.253. The van der Waals surface area contributed by atoms with Crippen LogP contribution in [-0.2, 0) is 0 Å². The third-order valence-electron chi connectivity index (χ3n) is 6.68. The highest BCUT2D eigenvalue weighted by Crippen LogP contribution is 2.38. The molecule has 0 bridgehead atoms. The Bertz CT molecular complexity index is 1820. The van der Waals surface area contributed by atoms with E-state index in [1.165, 1.54) is 64.4 Å². The number of benzene rings is 5. The third-order valence-corrected chi connectivity index (χ3v) is 7.83. The fourth-order valence-corrected chi connectivity index (χ4v) is 6.12. The summed E-state index contributed by atoms with van der Waals surface area (Å²) in [6.45, 7) is 2.13. The van der Waals surface area contributed by atoms with Crippen molar-refractivity contribution in [2.45, 2.75) is 6.92 Å². The largest absolute Gasteiger partial charge is 0.309 e. The van der Waals surface area contributed by atoms with Gasteiger partial charge in [0.25, 0.3) is 0 Å². The van der Waals surface area contributed by atoms with E-state index >= 15 is 0 Å². The molecule has 0 aliphatic rings. The second-order valence-electron chi connectivity index (χ2n) is 8.73. The first-order valence-electron chi connectivity index (χ1n) is 11.3. The predicted octanol–water partition coefficient (Wildman–Crippen LogP) is 9.13. The molecule has 33 heavy (non-hydrogen) atoms. The molecule has 0 saturated heterocycles. The van der Waals surface area contributed by atoms with E-state index in [0.717, 1.165) is 0 Å². The average Bonchev–Trinajstić information content (AvgIpc) is 3.39. The fourth-order valence-electron chi connectivity index (χ4n) is 5.03. The molecule has 0 aliphatic heterocycles. The van der Waals surface area contributed by atoms with Crippen LogP contribution >= 0.6 is 11.3 Å². The number of aromatic nitrogens is 1. The normalized spacial score (nSPS) is 11.8. The van der Waals surface area contributed by atoms with Gasteiger partial charge in [-0.2, -0.15) is 0 Å². The summed E-state index contributed by atoms with van der Waals surface area (Å²) < 4.78 is 5.09. The van der Waals surface area contributed by atoms with Crippen LogP contribution in [0, 0.1) is 6.92 Å². The number of rotatable bonds is 2. The maximum atomic E-state index is 2.41. The zero-order valence-corrected chi connectivity index (χ0v) is 19.1. The van der Waals surface area contributed by atoms with Gasteiger partial charge in [0.2, 0.25) is 0 Å². The average molecular weight is 440 g/mol. The van der Waals surface area contributed by atoms with E-state index in [0.29, 0.717) is 0 Å². The fraction of sp³-hybridized carbons (Fsp3) is 0.0323. The number of nitrogens with zero attached hydrogens (tertiary/aromatic N) is 1. The highest BCUT2D eigenvalue weighted by Gasteiger charge is 2.14. The minimum Gasteiger partial charge on any atom is -0.309 e. The Balaban J connectivity index is 1.51. The van der Waals surface area contributed by atoms with Gasteiger partial charge in [0.05, 0.1) is 11.0 Å². The van der Waals surface area contributed by atoms with E-state index < -0.39 is 0 Å². The Kier molecular flexibility index (Phi) is 3.99. The second kappa shape index (κ2) is 7.06. The lowest BCUT2D eigenvalue weighted by Crippen LogP contribution is -1.93. The lowest BCUT2D eigenvalue weighted by molar-refractivity contribution is 1.19. The monoisotopic (exact) mass is 439 g/mol. The van der Waals surface area contributed by atoms with Crippen molar-refractivity contribution in [2.24, 2.45) is 0 Å². The van der Waals surface area contributed by atoms with Crippen molar-refractivity contribution in [1.82, 2.24) is 4.57 Å². The molecule has 0 spiro atoms. The first kappa shape index (κ1) is 18.7. The third kappa shape index (κ3) is 2.84. The summed E-state index contributed by atoms with van der Waals surface area (Å²) in [6, 6.07) is 40.0. The van der Waals surface area contributed by atoms with Gasteiger partial charge >= 0.3 is 0 Å². The lowest BCUT2D eigenvalue weighted by atomic mass is 10.0. The van der Waals surface area contributed by atoms with E-state index in [1.54, 1.807) is 0 Å². The van der Waals surface area contributed by atoms with Crippen molar-refractivity contribution in [3.63, 3.8) is 0 Å². The molecule has 0 N–H and O–H groups in total. The number of para-hydroxylation sites is 1. The van der Waals surface area contributed by atoms with Crippen molar-refractivity contribution >= 4 is 53.3 Å². The van der Waals surface area contributed by atoms with Crippen LogP contribution in [0.2, 0.25) is 0 Å². The summed E-state index contributed by atoms with van der Waals surface area (Å²) in [5.74, 6) is 0. The van der Waals surface area contributed by atoms with Crippen molar-refractivity contribution in [3.05, 3.63) is 115 Å². The van der Waals surface area contributed by atoms with Gasteiger partial charge in [-0.15, -0.1) is 11.3 Å². The molecule has 0 fully saturated rings. The summed E-state index contributed by atoms with van der Waals surface area (Å²) in [5, 5.41) is 5.24. The Morgan fingerprint density at radius 1 is 0.515 bits per heavy atom. The molecule has 5 aromatic carbocycles. The molecule has 2 heteroatoms. The van der Waals surface area contributed by atoms with Crippen LogP contribution < -0.4 is 0 Å². The standard InChI is InChI=1S/C31H21NS/c1-20-10-12-21(13-11-20)22-14-16-29-26(18-22)24-6-2-4-8-28(24)32(29)23-15-17-31-27(19-23)25-7-3-5-9-30(25)33-31/h2-19H,1H3. The number of fused-ring (bicyclic) bond motifs is 6. The molecule has 0 atom stereocenters. The lowest BCUT2D eigenvalue weighted by Gasteiger charge is -2.09. The second-order valence-corrected chi connectivity index (χ2v) is 9.81. The number of hydrogen-bond acceptors (Lipinski definition) is 1. The Morgan fingerprint density at radius 2 is 1.21 bits per heavy atom. The zero-order valence-electron chi connectivity index (χ0n) is 18.2. The van der Waals surface area contributed by atoms with E-state index in [9.17, 15) is 0 Å². The zero-order chi connectivity index (χ0) is 21.9. The minimum atomic E-state index is 1.21. The van der Waals surface area contributed by atoms with E-state index in [1.807, 2.05) is 11.3 Å². The molecular formula is C31H21NS. The topological polar surface area (TPSA) is 4.93 Å². The van der Waals surface area contributed by atoms with Crippen LogP contribution in [-0.4, -0.2) is 4.57 Å². The van der Waals surface area contributed by atoms with E-state index in [2.05, 4.69) is 121 Å². The number of thiophene rings is 1. The summed E-state index contributed by atoms with van der Waals surface area (Å²) in [5.41, 5.74) is 7.49. The molecule has 0 unspecified atom stereocenters. The molecular weight excluding hydrogens is 418 g/mol. The van der Waals surface area contributed by atoms with Gasteiger partial charge in [0.1, 0.15) is 0 Å².